The Balaban J connectivity index is 2.14. The molecule has 1 fully saturated rings. The normalized spacial score (nSPS) is 23.4. The van der Waals surface area contributed by atoms with Gasteiger partial charge in [0.1, 0.15) is 0 Å². The summed E-state index contributed by atoms with van der Waals surface area (Å²) in [6.07, 6.45) is 2.12. The second-order valence-electron chi connectivity index (χ2n) is 5.50. The molecule has 5 nitrogen and oxygen atoms in total. The van der Waals surface area contributed by atoms with E-state index in [1.807, 2.05) is 25.1 Å². The molecule has 2 N–H and O–H groups in total. The van der Waals surface area contributed by atoms with Crippen molar-refractivity contribution in [2.45, 2.75) is 26.3 Å². The minimum absolute atomic E-state index is 0.359. The van der Waals surface area contributed by atoms with Crippen LogP contribution < -0.4 is 10.0 Å². The van der Waals surface area contributed by atoms with Gasteiger partial charge < -0.3 is 10.1 Å². The first kappa shape index (κ1) is 15.1. The molecule has 1 aliphatic heterocycles. The van der Waals surface area contributed by atoms with Crippen molar-refractivity contribution in [1.29, 1.82) is 0 Å². The Labute approximate surface area is 120 Å². The Morgan fingerprint density at radius 3 is 2.75 bits per heavy atom. The molecule has 0 radical (unpaired) electrons. The van der Waals surface area contributed by atoms with Crippen molar-refractivity contribution in [2.75, 3.05) is 29.5 Å². The molecule has 0 aliphatic carbocycles. The van der Waals surface area contributed by atoms with E-state index in [0.717, 1.165) is 37.1 Å². The number of sulfonamides is 1. The fourth-order valence-electron chi connectivity index (χ4n) is 2.33. The van der Waals surface area contributed by atoms with Crippen LogP contribution >= 0.6 is 0 Å². The molecule has 0 bridgehead atoms. The summed E-state index contributed by atoms with van der Waals surface area (Å²) in [5, 5.41) is 3.47. The van der Waals surface area contributed by atoms with Crippen molar-refractivity contribution in [3.8, 4) is 0 Å². The van der Waals surface area contributed by atoms with Gasteiger partial charge in [0.25, 0.3) is 0 Å². The van der Waals surface area contributed by atoms with Crippen LogP contribution in [-0.2, 0) is 14.8 Å². The Morgan fingerprint density at radius 2 is 2.10 bits per heavy atom. The largest absolute Gasteiger partial charge is 0.382 e. The lowest BCUT2D eigenvalue weighted by molar-refractivity contribution is 0.0538. The van der Waals surface area contributed by atoms with E-state index in [9.17, 15) is 8.42 Å². The molecule has 0 aromatic heterocycles. The number of rotatable bonds is 4. The molecule has 1 aliphatic rings. The number of ether oxygens (including phenoxy) is 1. The lowest BCUT2D eigenvalue weighted by Gasteiger charge is -2.30. The zero-order valence-corrected chi connectivity index (χ0v) is 13.0. The van der Waals surface area contributed by atoms with E-state index >= 15 is 0 Å². The highest BCUT2D eigenvalue weighted by Gasteiger charge is 2.21. The zero-order valence-electron chi connectivity index (χ0n) is 12.1. The van der Waals surface area contributed by atoms with Crippen LogP contribution in [0.1, 0.15) is 18.9 Å². The van der Waals surface area contributed by atoms with Gasteiger partial charge in [0.2, 0.25) is 10.0 Å². The highest BCUT2D eigenvalue weighted by molar-refractivity contribution is 7.92. The molecule has 20 heavy (non-hydrogen) atoms. The Kier molecular flexibility index (Phi) is 4.55. The summed E-state index contributed by atoms with van der Waals surface area (Å²) in [5.74, 6) is 0.441. The first-order chi connectivity index (χ1) is 9.35. The molecule has 1 saturated heterocycles. The van der Waals surface area contributed by atoms with Crippen molar-refractivity contribution in [3.63, 3.8) is 0 Å². The molecule has 1 heterocycles. The molecule has 0 spiro atoms. The topological polar surface area (TPSA) is 67.4 Å². The van der Waals surface area contributed by atoms with Gasteiger partial charge in [-0.2, -0.15) is 0 Å². The second-order valence-corrected chi connectivity index (χ2v) is 7.24. The number of hydrogen-bond acceptors (Lipinski definition) is 4. The lowest BCUT2D eigenvalue weighted by atomic mass is 9.97. The molecule has 1 aromatic rings. The first-order valence-electron chi connectivity index (χ1n) is 6.78. The van der Waals surface area contributed by atoms with E-state index in [2.05, 4.69) is 17.0 Å². The van der Waals surface area contributed by atoms with E-state index in [1.54, 1.807) is 0 Å². The Morgan fingerprint density at radius 1 is 1.35 bits per heavy atom. The number of benzene rings is 1. The highest BCUT2D eigenvalue weighted by atomic mass is 32.2. The van der Waals surface area contributed by atoms with E-state index in [4.69, 9.17) is 4.74 Å². The van der Waals surface area contributed by atoms with E-state index in [1.165, 1.54) is 0 Å². The van der Waals surface area contributed by atoms with Crippen LogP contribution in [0.25, 0.3) is 0 Å². The van der Waals surface area contributed by atoms with Crippen LogP contribution in [0.3, 0.4) is 0 Å². The molecule has 0 unspecified atom stereocenters. The van der Waals surface area contributed by atoms with E-state index in [0.29, 0.717) is 17.6 Å². The SMILES string of the molecule is Cc1ccc(N[C@@H]2CCOC[C@H]2C)cc1NS(C)(=O)=O. The predicted octanol–water partition coefficient (Wildman–Crippen LogP) is 2.20. The third kappa shape index (κ3) is 4.11. The van der Waals surface area contributed by atoms with Gasteiger partial charge in [-0.1, -0.05) is 13.0 Å². The molecule has 0 amide bonds. The van der Waals surface area contributed by atoms with Gasteiger partial charge in [0.05, 0.1) is 18.6 Å². The molecular weight excluding hydrogens is 276 g/mol. The lowest BCUT2D eigenvalue weighted by Crippen LogP contribution is -2.35. The van der Waals surface area contributed by atoms with Gasteiger partial charge >= 0.3 is 0 Å². The summed E-state index contributed by atoms with van der Waals surface area (Å²) in [6.45, 7) is 5.56. The quantitative estimate of drug-likeness (QED) is 0.894. The van der Waals surface area contributed by atoms with Gasteiger partial charge in [-0.3, -0.25) is 4.72 Å². The van der Waals surface area contributed by atoms with Gasteiger partial charge in [0.15, 0.2) is 0 Å². The molecule has 2 rings (SSSR count). The number of nitrogens with one attached hydrogen (secondary N) is 2. The van der Waals surface area contributed by atoms with Crippen LogP contribution in [0.15, 0.2) is 18.2 Å². The molecule has 1 aromatic carbocycles. The Bertz CT molecular complexity index is 572. The summed E-state index contributed by atoms with van der Waals surface area (Å²) < 4.78 is 30.7. The van der Waals surface area contributed by atoms with Crippen molar-refractivity contribution in [2.24, 2.45) is 5.92 Å². The van der Waals surface area contributed by atoms with Gasteiger partial charge in [-0.25, -0.2) is 8.42 Å². The summed E-state index contributed by atoms with van der Waals surface area (Å²) in [5.41, 5.74) is 2.46. The summed E-state index contributed by atoms with van der Waals surface area (Å²) in [6, 6.07) is 6.10. The van der Waals surface area contributed by atoms with Crippen molar-refractivity contribution < 1.29 is 13.2 Å². The van der Waals surface area contributed by atoms with Crippen molar-refractivity contribution in [3.05, 3.63) is 23.8 Å². The maximum atomic E-state index is 11.4. The molecule has 2 atom stereocenters. The fraction of sp³-hybridized carbons (Fsp3) is 0.571. The maximum Gasteiger partial charge on any atom is 0.229 e. The minimum Gasteiger partial charge on any atom is -0.382 e. The van der Waals surface area contributed by atoms with Crippen LogP contribution in [0, 0.1) is 12.8 Å². The third-order valence-corrected chi connectivity index (χ3v) is 4.12. The number of anilines is 2. The third-order valence-electron chi connectivity index (χ3n) is 3.53. The van der Waals surface area contributed by atoms with Crippen LogP contribution in [0.5, 0.6) is 0 Å². The smallest absolute Gasteiger partial charge is 0.229 e. The average Bonchev–Trinajstić information content (AvgIpc) is 2.34. The predicted molar refractivity (Wildman–Crippen MR) is 81.7 cm³/mol. The standard InChI is InChI=1S/C14H22N2O3S/c1-10-4-5-12(8-14(10)16-20(3,17)18)15-13-6-7-19-9-11(13)2/h4-5,8,11,13,15-16H,6-7,9H2,1-3H3/t11-,13-/m1/s1. The van der Waals surface area contributed by atoms with Crippen LogP contribution in [0.2, 0.25) is 0 Å². The second kappa shape index (κ2) is 6.01. The van der Waals surface area contributed by atoms with Gasteiger partial charge in [0, 0.05) is 18.3 Å². The minimum atomic E-state index is -3.26. The molecule has 0 saturated carbocycles. The van der Waals surface area contributed by atoms with Gasteiger partial charge in [-0.05, 0) is 37.0 Å². The summed E-state index contributed by atoms with van der Waals surface area (Å²) >= 11 is 0. The van der Waals surface area contributed by atoms with Gasteiger partial charge in [-0.15, -0.1) is 0 Å². The average molecular weight is 298 g/mol. The maximum absolute atomic E-state index is 11.4. The van der Waals surface area contributed by atoms with Crippen LogP contribution in [-0.4, -0.2) is 33.9 Å². The summed E-state index contributed by atoms with van der Waals surface area (Å²) in [4.78, 5) is 0. The van der Waals surface area contributed by atoms with Crippen molar-refractivity contribution >= 4 is 21.4 Å². The zero-order chi connectivity index (χ0) is 14.8. The first-order valence-corrected chi connectivity index (χ1v) is 8.67. The van der Waals surface area contributed by atoms with Crippen LogP contribution in [0.4, 0.5) is 11.4 Å². The summed E-state index contributed by atoms with van der Waals surface area (Å²) in [7, 11) is -3.26. The van der Waals surface area contributed by atoms with E-state index < -0.39 is 10.0 Å². The van der Waals surface area contributed by atoms with E-state index in [-0.39, 0.29) is 0 Å². The Hall–Kier alpha value is -1.27. The molecule has 112 valence electrons. The number of aryl methyl sites for hydroxylation is 1. The fourth-order valence-corrected chi connectivity index (χ4v) is 2.95. The molecule has 6 heteroatoms. The van der Waals surface area contributed by atoms with Crippen molar-refractivity contribution in [1.82, 2.24) is 0 Å². The number of hydrogen-bond donors (Lipinski definition) is 2. The highest BCUT2D eigenvalue weighted by Crippen LogP contribution is 2.24. The monoisotopic (exact) mass is 298 g/mol. The molecular formula is C14H22N2O3S.